The van der Waals surface area contributed by atoms with Crippen LogP contribution in [0.1, 0.15) is 5.56 Å². The second-order valence-corrected chi connectivity index (χ2v) is 3.81. The first-order valence-electron chi connectivity index (χ1n) is 5.42. The molecule has 0 bridgehead atoms. The Morgan fingerprint density at radius 2 is 1.71 bits per heavy atom. The number of rotatable bonds is 7. The Hall–Kier alpha value is -0.317. The van der Waals surface area contributed by atoms with Crippen molar-refractivity contribution in [3.8, 4) is 0 Å². The predicted molar refractivity (Wildman–Crippen MR) is 61.8 cm³/mol. The quantitative estimate of drug-likeness (QED) is 0.522. The summed E-state index contributed by atoms with van der Waals surface area (Å²) in [6, 6.07) is 9.88. The van der Waals surface area contributed by atoms with Crippen LogP contribution in [0.25, 0.3) is 0 Å². The molecule has 2 atom stereocenters. The molecule has 0 aromatic heterocycles. The topological polar surface area (TPSA) is 72.7 Å². The van der Waals surface area contributed by atoms with Crippen LogP contribution in [-0.4, -0.2) is 41.2 Å². The summed E-state index contributed by atoms with van der Waals surface area (Å²) < 4.78 is 0. The Morgan fingerprint density at radius 3 is 2.24 bits per heavy atom. The molecule has 1 aromatic carbocycles. The molecular formula is C12H19NO3Zn. The first kappa shape index (κ1) is 16.7. The first-order valence-corrected chi connectivity index (χ1v) is 5.42. The average molecular weight is 291 g/mol. The molecule has 0 aliphatic rings. The number of nitrogens with one attached hydrogen (secondary N) is 1. The van der Waals surface area contributed by atoms with Crippen molar-refractivity contribution in [1.29, 1.82) is 0 Å². The Kier molecular flexibility index (Phi) is 9.51. The maximum Gasteiger partial charge on any atom is 0.0833 e. The molecule has 0 saturated heterocycles. The van der Waals surface area contributed by atoms with E-state index in [0.717, 1.165) is 5.56 Å². The summed E-state index contributed by atoms with van der Waals surface area (Å²) in [4.78, 5) is 0. The van der Waals surface area contributed by atoms with Crippen LogP contribution < -0.4 is 5.32 Å². The Morgan fingerprint density at radius 1 is 1.06 bits per heavy atom. The standard InChI is InChI=1S/C12H19NO3.Zn/c14-8-11(12(16)9-15)7-13-6-10-4-2-1-3-5-10;/h1-5,11-16H,6-9H2;. The number of hydrogen-bond donors (Lipinski definition) is 4. The molecule has 4 N–H and O–H groups in total. The van der Waals surface area contributed by atoms with Crippen molar-refractivity contribution in [3.05, 3.63) is 35.9 Å². The third kappa shape index (κ3) is 6.25. The smallest absolute Gasteiger partial charge is 0.0833 e. The van der Waals surface area contributed by atoms with E-state index in [0.29, 0.717) is 13.1 Å². The van der Waals surface area contributed by atoms with Crippen molar-refractivity contribution >= 4 is 0 Å². The van der Waals surface area contributed by atoms with Crippen LogP contribution in [-0.2, 0) is 26.0 Å². The molecule has 0 aliphatic heterocycles. The van der Waals surface area contributed by atoms with Gasteiger partial charge in [0.15, 0.2) is 0 Å². The molecule has 1 rings (SSSR count). The van der Waals surface area contributed by atoms with Gasteiger partial charge >= 0.3 is 0 Å². The van der Waals surface area contributed by atoms with E-state index >= 15 is 0 Å². The molecule has 4 nitrogen and oxygen atoms in total. The number of benzene rings is 1. The van der Waals surface area contributed by atoms with E-state index in [2.05, 4.69) is 5.32 Å². The molecule has 5 heteroatoms. The monoisotopic (exact) mass is 289 g/mol. The third-order valence-electron chi connectivity index (χ3n) is 2.54. The van der Waals surface area contributed by atoms with Crippen LogP contribution in [0.4, 0.5) is 0 Å². The molecule has 0 saturated carbocycles. The van der Waals surface area contributed by atoms with E-state index in [4.69, 9.17) is 10.2 Å². The first-order chi connectivity index (χ1) is 7.77. The predicted octanol–water partition coefficient (Wildman–Crippen LogP) is -0.265. The minimum absolute atomic E-state index is 0. The maximum atomic E-state index is 9.36. The summed E-state index contributed by atoms with van der Waals surface area (Å²) >= 11 is 0. The van der Waals surface area contributed by atoms with Crippen molar-refractivity contribution in [2.75, 3.05) is 19.8 Å². The minimum atomic E-state index is -0.867. The van der Waals surface area contributed by atoms with Gasteiger partial charge in [-0.05, 0) is 5.56 Å². The molecule has 0 radical (unpaired) electrons. The molecule has 0 amide bonds. The van der Waals surface area contributed by atoms with Gasteiger partial charge in [0, 0.05) is 45.1 Å². The summed E-state index contributed by atoms with van der Waals surface area (Å²) in [6.45, 7) is 0.713. The van der Waals surface area contributed by atoms with E-state index in [-0.39, 0.29) is 38.6 Å². The fourth-order valence-electron chi connectivity index (χ4n) is 1.47. The van der Waals surface area contributed by atoms with Crippen LogP contribution in [0.5, 0.6) is 0 Å². The molecular weight excluding hydrogens is 272 g/mol. The van der Waals surface area contributed by atoms with E-state index in [1.165, 1.54) is 0 Å². The summed E-state index contributed by atoms with van der Waals surface area (Å²) in [7, 11) is 0. The van der Waals surface area contributed by atoms with Crippen molar-refractivity contribution in [3.63, 3.8) is 0 Å². The van der Waals surface area contributed by atoms with Gasteiger partial charge in [-0.3, -0.25) is 0 Å². The van der Waals surface area contributed by atoms with Gasteiger partial charge in [0.2, 0.25) is 0 Å². The van der Waals surface area contributed by atoms with Gasteiger partial charge in [-0.25, -0.2) is 0 Å². The second-order valence-electron chi connectivity index (χ2n) is 3.81. The van der Waals surface area contributed by atoms with E-state index in [1.807, 2.05) is 30.3 Å². The molecule has 0 fully saturated rings. The zero-order chi connectivity index (χ0) is 11.8. The van der Waals surface area contributed by atoms with Gasteiger partial charge < -0.3 is 20.6 Å². The number of aliphatic hydroxyl groups is 3. The minimum Gasteiger partial charge on any atom is -0.396 e. The molecule has 0 heterocycles. The van der Waals surface area contributed by atoms with Gasteiger partial charge in [0.1, 0.15) is 0 Å². The van der Waals surface area contributed by atoms with Gasteiger partial charge in [0.25, 0.3) is 0 Å². The van der Waals surface area contributed by atoms with Crippen LogP contribution in [0.3, 0.4) is 0 Å². The van der Waals surface area contributed by atoms with Crippen LogP contribution in [0, 0.1) is 5.92 Å². The Labute approximate surface area is 114 Å². The second kappa shape index (κ2) is 9.69. The van der Waals surface area contributed by atoms with Crippen molar-refractivity contribution in [2.24, 2.45) is 5.92 Å². The SMILES string of the molecule is OCC(O)C(CO)CNCc1ccccc1.[Zn]. The van der Waals surface area contributed by atoms with Crippen LogP contribution in [0.15, 0.2) is 30.3 Å². The zero-order valence-corrected chi connectivity index (χ0v) is 12.9. The number of aliphatic hydroxyl groups excluding tert-OH is 3. The number of hydrogen-bond acceptors (Lipinski definition) is 4. The summed E-state index contributed by atoms with van der Waals surface area (Å²) in [5.74, 6) is -0.325. The molecule has 0 aliphatic carbocycles. The maximum absolute atomic E-state index is 9.36. The van der Waals surface area contributed by atoms with E-state index < -0.39 is 6.10 Å². The third-order valence-corrected chi connectivity index (χ3v) is 2.54. The van der Waals surface area contributed by atoms with Gasteiger partial charge in [-0.2, -0.15) is 0 Å². The van der Waals surface area contributed by atoms with E-state index in [1.54, 1.807) is 0 Å². The largest absolute Gasteiger partial charge is 0.396 e. The Balaban J connectivity index is 0.00000256. The van der Waals surface area contributed by atoms with Gasteiger partial charge in [-0.15, -0.1) is 0 Å². The molecule has 17 heavy (non-hydrogen) atoms. The Bertz CT molecular complexity index is 284. The molecule has 1 aromatic rings. The van der Waals surface area contributed by atoms with E-state index in [9.17, 15) is 5.11 Å². The van der Waals surface area contributed by atoms with Crippen molar-refractivity contribution in [2.45, 2.75) is 12.6 Å². The molecule has 92 valence electrons. The molecule has 2 unspecified atom stereocenters. The van der Waals surface area contributed by atoms with Crippen molar-refractivity contribution < 1.29 is 34.8 Å². The molecule has 0 spiro atoms. The summed E-state index contributed by atoms with van der Waals surface area (Å²) in [6.07, 6.45) is -0.867. The van der Waals surface area contributed by atoms with Crippen LogP contribution >= 0.6 is 0 Å². The summed E-state index contributed by atoms with van der Waals surface area (Å²) in [5, 5.41) is 30.3. The average Bonchev–Trinajstić information content (AvgIpc) is 2.35. The summed E-state index contributed by atoms with van der Waals surface area (Å²) in [5.41, 5.74) is 1.15. The fraction of sp³-hybridized carbons (Fsp3) is 0.500. The van der Waals surface area contributed by atoms with Crippen molar-refractivity contribution in [1.82, 2.24) is 5.32 Å². The van der Waals surface area contributed by atoms with Gasteiger partial charge in [-0.1, -0.05) is 30.3 Å². The van der Waals surface area contributed by atoms with Gasteiger partial charge in [0.05, 0.1) is 12.7 Å². The normalized spacial score (nSPS) is 13.8. The van der Waals surface area contributed by atoms with Crippen LogP contribution in [0.2, 0.25) is 0 Å². The zero-order valence-electron chi connectivity index (χ0n) is 9.92. The fourth-order valence-corrected chi connectivity index (χ4v) is 1.47.